The molecular weight excluding hydrogens is 368 g/mol. The summed E-state index contributed by atoms with van der Waals surface area (Å²) < 4.78 is 16.2. The van der Waals surface area contributed by atoms with Crippen molar-refractivity contribution in [2.75, 3.05) is 6.61 Å². The second kappa shape index (κ2) is 8.68. The van der Waals surface area contributed by atoms with Crippen LogP contribution in [0.15, 0.2) is 24.3 Å². The third-order valence-corrected chi connectivity index (χ3v) is 4.92. The molecule has 156 valence electrons. The second-order valence-corrected chi connectivity index (χ2v) is 8.19. The number of hydrogen-bond donors (Lipinski definition) is 0. The Kier molecular flexibility index (Phi) is 6.73. The Hall–Kier alpha value is -2.82. The molecule has 2 aromatic carbocycles. The van der Waals surface area contributed by atoms with Gasteiger partial charge in [-0.2, -0.15) is 0 Å². The molecule has 5 nitrogen and oxygen atoms in total. The molecule has 0 fully saturated rings. The van der Waals surface area contributed by atoms with Gasteiger partial charge in [-0.1, -0.05) is 12.1 Å². The number of esters is 1. The van der Waals surface area contributed by atoms with E-state index in [1.54, 1.807) is 19.1 Å². The summed E-state index contributed by atoms with van der Waals surface area (Å²) in [6, 6.07) is 7.34. The lowest BCUT2D eigenvalue weighted by atomic mass is 9.90. The molecule has 0 radical (unpaired) electrons. The summed E-state index contributed by atoms with van der Waals surface area (Å²) in [4.78, 5) is 24.6. The van der Waals surface area contributed by atoms with Crippen LogP contribution < -0.4 is 9.47 Å². The van der Waals surface area contributed by atoms with Crippen LogP contribution in [0.4, 0.5) is 4.79 Å². The first-order valence-electron chi connectivity index (χ1n) is 9.75. The summed E-state index contributed by atoms with van der Waals surface area (Å²) >= 11 is 0. The molecular formula is C24H30O5. The molecule has 0 N–H and O–H groups in total. The van der Waals surface area contributed by atoms with Crippen molar-refractivity contribution in [1.29, 1.82) is 0 Å². The van der Waals surface area contributed by atoms with Crippen LogP contribution in [0, 0.1) is 33.1 Å². The molecule has 2 rings (SSSR count). The molecule has 0 saturated carbocycles. The van der Waals surface area contributed by atoms with Crippen LogP contribution in [-0.4, -0.2) is 18.7 Å². The number of carbonyl (C=O) groups is 2. The Bertz CT molecular complexity index is 935. The summed E-state index contributed by atoms with van der Waals surface area (Å²) in [5.74, 6) is 0.476. The van der Waals surface area contributed by atoms with Crippen molar-refractivity contribution in [3.05, 3.63) is 46.5 Å². The third kappa shape index (κ3) is 4.97. The van der Waals surface area contributed by atoms with Crippen molar-refractivity contribution >= 4 is 12.1 Å². The van der Waals surface area contributed by atoms with Gasteiger partial charge in [0.1, 0.15) is 11.5 Å². The summed E-state index contributed by atoms with van der Waals surface area (Å²) in [7, 11) is 0. The lowest BCUT2D eigenvalue weighted by molar-refractivity contribution is -0.142. The number of rotatable bonds is 4. The largest absolute Gasteiger partial charge is 0.513 e. The fraction of sp³-hybridized carbons (Fsp3) is 0.417. The molecule has 0 amide bonds. The number of aryl methyl sites for hydroxylation is 2. The number of benzene rings is 2. The van der Waals surface area contributed by atoms with Gasteiger partial charge in [0.25, 0.3) is 0 Å². The van der Waals surface area contributed by atoms with Gasteiger partial charge in [-0.25, -0.2) is 4.79 Å². The van der Waals surface area contributed by atoms with Gasteiger partial charge in [0.2, 0.25) is 0 Å². The van der Waals surface area contributed by atoms with E-state index >= 15 is 0 Å². The number of hydrogen-bond acceptors (Lipinski definition) is 5. The third-order valence-electron chi connectivity index (χ3n) is 4.92. The zero-order valence-electron chi connectivity index (χ0n) is 18.6. The van der Waals surface area contributed by atoms with Crippen molar-refractivity contribution in [2.24, 2.45) is 5.41 Å². The highest BCUT2D eigenvalue weighted by Crippen LogP contribution is 2.43. The van der Waals surface area contributed by atoms with E-state index in [-0.39, 0.29) is 12.6 Å². The molecule has 0 unspecified atom stereocenters. The van der Waals surface area contributed by atoms with Gasteiger partial charge < -0.3 is 14.2 Å². The van der Waals surface area contributed by atoms with Crippen LogP contribution in [-0.2, 0) is 9.53 Å². The highest BCUT2D eigenvalue weighted by molar-refractivity contribution is 5.87. The molecule has 29 heavy (non-hydrogen) atoms. The highest BCUT2D eigenvalue weighted by Gasteiger charge is 2.27. The quantitative estimate of drug-likeness (QED) is 0.355. The molecule has 0 spiro atoms. The molecule has 0 heterocycles. The highest BCUT2D eigenvalue weighted by atomic mass is 16.7. The summed E-state index contributed by atoms with van der Waals surface area (Å²) in [5, 5.41) is 0. The normalized spacial score (nSPS) is 11.2. The predicted molar refractivity (Wildman–Crippen MR) is 114 cm³/mol. The van der Waals surface area contributed by atoms with Crippen LogP contribution in [0.25, 0.3) is 11.1 Å². The molecule has 0 aliphatic carbocycles. The maximum Gasteiger partial charge on any atom is 0.513 e. The molecule has 2 aromatic rings. The first-order chi connectivity index (χ1) is 13.5. The minimum atomic E-state index is -0.768. The average molecular weight is 398 g/mol. The molecule has 0 bridgehead atoms. The van der Waals surface area contributed by atoms with Crippen LogP contribution >= 0.6 is 0 Å². The van der Waals surface area contributed by atoms with E-state index in [9.17, 15) is 9.59 Å². The molecule has 0 saturated heterocycles. The summed E-state index contributed by atoms with van der Waals surface area (Å²) in [5.41, 5.74) is 4.77. The van der Waals surface area contributed by atoms with Crippen molar-refractivity contribution < 1.29 is 23.8 Å². The van der Waals surface area contributed by atoms with E-state index in [0.717, 1.165) is 33.4 Å². The predicted octanol–water partition coefficient (Wildman–Crippen LogP) is 6.07. The first-order valence-corrected chi connectivity index (χ1v) is 9.75. The van der Waals surface area contributed by atoms with Gasteiger partial charge in [-0.3, -0.25) is 4.79 Å². The van der Waals surface area contributed by atoms with Gasteiger partial charge in [-0.05, 0) is 89.8 Å². The van der Waals surface area contributed by atoms with Gasteiger partial charge in [0.05, 0.1) is 12.0 Å². The van der Waals surface area contributed by atoms with E-state index in [0.29, 0.717) is 11.5 Å². The molecule has 0 aliphatic heterocycles. The molecule has 0 aromatic heterocycles. The Morgan fingerprint density at radius 3 is 1.66 bits per heavy atom. The average Bonchev–Trinajstić information content (AvgIpc) is 2.62. The smallest absolute Gasteiger partial charge is 0.434 e. The van der Waals surface area contributed by atoms with Crippen molar-refractivity contribution in [1.82, 2.24) is 0 Å². The van der Waals surface area contributed by atoms with Crippen molar-refractivity contribution in [2.45, 2.75) is 55.4 Å². The zero-order valence-corrected chi connectivity index (χ0v) is 18.6. The molecule has 0 atom stereocenters. The first kappa shape index (κ1) is 22.5. The minimum absolute atomic E-state index is 0.219. The Morgan fingerprint density at radius 1 is 0.793 bits per heavy atom. The van der Waals surface area contributed by atoms with Crippen molar-refractivity contribution in [3.63, 3.8) is 0 Å². The minimum Gasteiger partial charge on any atom is -0.434 e. The van der Waals surface area contributed by atoms with E-state index < -0.39 is 11.6 Å². The summed E-state index contributed by atoms with van der Waals surface area (Å²) in [6.07, 6.45) is -0.768. The van der Waals surface area contributed by atoms with Gasteiger partial charge in [-0.15, -0.1) is 0 Å². The van der Waals surface area contributed by atoms with Crippen LogP contribution in [0.3, 0.4) is 0 Å². The monoisotopic (exact) mass is 398 g/mol. The van der Waals surface area contributed by atoms with E-state index in [4.69, 9.17) is 14.2 Å². The topological polar surface area (TPSA) is 61.8 Å². The van der Waals surface area contributed by atoms with Crippen molar-refractivity contribution in [3.8, 4) is 22.6 Å². The fourth-order valence-corrected chi connectivity index (χ4v) is 2.86. The maximum absolute atomic E-state index is 12.6. The fourth-order valence-electron chi connectivity index (χ4n) is 2.86. The van der Waals surface area contributed by atoms with E-state index in [2.05, 4.69) is 0 Å². The SMILES string of the molecule is CCOC(=O)Oc1ccc(C)c(C)c1-c1c(OC(=O)C(C)(C)C)ccc(C)c1C. The zero-order chi connectivity index (χ0) is 21.9. The maximum atomic E-state index is 12.6. The Balaban J connectivity index is 2.73. The van der Waals surface area contributed by atoms with Crippen LogP contribution in [0.5, 0.6) is 11.5 Å². The molecule has 0 aliphatic rings. The standard InChI is InChI=1S/C24H30O5/c1-9-27-23(26)29-19-13-11-15(3)17(5)21(19)20-16(4)14(2)10-12-18(20)28-22(25)24(6,7)8/h10-13H,9H2,1-8H3. The van der Waals surface area contributed by atoms with Crippen LogP contribution in [0.2, 0.25) is 0 Å². The lowest BCUT2D eigenvalue weighted by Gasteiger charge is -2.22. The lowest BCUT2D eigenvalue weighted by Crippen LogP contribution is -2.26. The molecule has 5 heteroatoms. The van der Waals surface area contributed by atoms with E-state index in [1.807, 2.05) is 60.6 Å². The summed E-state index contributed by atoms with van der Waals surface area (Å²) in [6.45, 7) is 15.3. The van der Waals surface area contributed by atoms with E-state index in [1.165, 1.54) is 0 Å². The van der Waals surface area contributed by atoms with Crippen LogP contribution in [0.1, 0.15) is 49.9 Å². The second-order valence-electron chi connectivity index (χ2n) is 8.19. The van der Waals surface area contributed by atoms with Gasteiger partial charge >= 0.3 is 12.1 Å². The van der Waals surface area contributed by atoms with Gasteiger partial charge in [0, 0.05) is 11.1 Å². The number of carbonyl (C=O) groups excluding carboxylic acids is 2. The van der Waals surface area contributed by atoms with Gasteiger partial charge in [0.15, 0.2) is 0 Å². The Labute approximate surface area is 173 Å². The number of ether oxygens (including phenoxy) is 3. The Morgan fingerprint density at radius 2 is 1.24 bits per heavy atom.